The molecule has 0 saturated heterocycles. The lowest BCUT2D eigenvalue weighted by atomic mass is 9.79. The lowest BCUT2D eigenvalue weighted by Gasteiger charge is -2.31. The van der Waals surface area contributed by atoms with Crippen LogP contribution in [0.2, 0.25) is 0 Å². The number of aromatic nitrogens is 3. The number of nitrogens with zero attached hydrogens (tertiary/aromatic N) is 3. The van der Waals surface area contributed by atoms with Crippen LogP contribution in [-0.2, 0) is 29.5 Å². The van der Waals surface area contributed by atoms with Crippen molar-refractivity contribution in [3.63, 3.8) is 0 Å². The Balaban J connectivity index is 1.15. The first-order valence-corrected chi connectivity index (χ1v) is 12.6. The lowest BCUT2D eigenvalue weighted by molar-refractivity contribution is -0.120. The monoisotopic (exact) mass is 487 g/mol. The zero-order valence-electron chi connectivity index (χ0n) is 20.1. The van der Waals surface area contributed by atoms with Crippen LogP contribution in [0, 0.1) is 0 Å². The van der Waals surface area contributed by atoms with Crippen LogP contribution in [0.25, 0.3) is 0 Å². The summed E-state index contributed by atoms with van der Waals surface area (Å²) in [5, 5.41) is 6.16. The van der Waals surface area contributed by atoms with E-state index in [2.05, 4.69) is 55.9 Å². The molecule has 3 atom stereocenters. The first-order valence-electron chi connectivity index (χ1n) is 12.6. The van der Waals surface area contributed by atoms with Crippen LogP contribution in [-0.4, -0.2) is 26.8 Å². The van der Waals surface area contributed by atoms with Gasteiger partial charge in [0.1, 0.15) is 5.82 Å². The van der Waals surface area contributed by atoms with Crippen molar-refractivity contribution in [1.29, 1.82) is 0 Å². The Hall–Kier alpha value is -4.39. The number of hydrogen-bond donors (Lipinski definition) is 2. The quantitative estimate of drug-likeness (QED) is 0.454. The van der Waals surface area contributed by atoms with E-state index in [4.69, 9.17) is 0 Å². The second-order valence-corrected chi connectivity index (χ2v) is 10.2. The molecular formula is C30H25N5O2. The molecule has 2 N–H and O–H groups in total. The van der Waals surface area contributed by atoms with E-state index in [1.165, 1.54) is 11.1 Å². The molecule has 7 rings (SSSR count). The van der Waals surface area contributed by atoms with Gasteiger partial charge < -0.3 is 10.6 Å². The van der Waals surface area contributed by atoms with Gasteiger partial charge in [0.2, 0.25) is 5.91 Å². The van der Waals surface area contributed by atoms with Gasteiger partial charge in [0.15, 0.2) is 0 Å². The number of rotatable bonds is 3. The fourth-order valence-corrected chi connectivity index (χ4v) is 6.27. The van der Waals surface area contributed by atoms with Crippen molar-refractivity contribution in [2.24, 2.45) is 0 Å². The van der Waals surface area contributed by atoms with E-state index in [-0.39, 0.29) is 17.9 Å². The number of pyridine rings is 3. The highest BCUT2D eigenvalue weighted by Crippen LogP contribution is 2.46. The van der Waals surface area contributed by atoms with Gasteiger partial charge in [-0.2, -0.15) is 0 Å². The molecule has 2 amide bonds. The van der Waals surface area contributed by atoms with Crippen LogP contribution in [0.15, 0.2) is 79.3 Å². The summed E-state index contributed by atoms with van der Waals surface area (Å²) < 4.78 is 0. The first kappa shape index (κ1) is 21.9. The second kappa shape index (κ2) is 8.34. The Morgan fingerprint density at radius 3 is 2.68 bits per heavy atom. The van der Waals surface area contributed by atoms with Gasteiger partial charge in [0, 0.05) is 36.3 Å². The second-order valence-electron chi connectivity index (χ2n) is 10.2. The smallest absolute Gasteiger partial charge is 0.253 e. The normalized spacial score (nSPS) is 23.2. The van der Waals surface area contributed by atoms with Gasteiger partial charge in [-0.25, -0.2) is 4.98 Å². The molecule has 1 aromatic carbocycles. The Kier molecular flexibility index (Phi) is 4.92. The van der Waals surface area contributed by atoms with Crippen molar-refractivity contribution in [1.82, 2.24) is 20.3 Å². The fraction of sp³-hybridized carbons (Fsp3) is 0.233. The largest absolute Gasteiger partial charge is 0.344 e. The average Bonchev–Trinajstić information content (AvgIpc) is 3.45. The van der Waals surface area contributed by atoms with E-state index in [1.807, 2.05) is 30.3 Å². The summed E-state index contributed by atoms with van der Waals surface area (Å²) in [7, 11) is 0. The molecule has 3 unspecified atom stereocenters. The number of nitrogens with one attached hydrogen (secondary N) is 2. The molecule has 4 aromatic rings. The molecule has 7 nitrogen and oxygen atoms in total. The summed E-state index contributed by atoms with van der Waals surface area (Å²) in [5.41, 5.74) is 5.86. The molecular weight excluding hydrogens is 462 g/mol. The molecule has 0 saturated carbocycles. The lowest BCUT2D eigenvalue weighted by Crippen LogP contribution is -2.35. The van der Waals surface area contributed by atoms with E-state index in [0.29, 0.717) is 30.1 Å². The predicted molar refractivity (Wildman–Crippen MR) is 138 cm³/mol. The molecule has 182 valence electrons. The summed E-state index contributed by atoms with van der Waals surface area (Å²) in [6.45, 7) is 0. The van der Waals surface area contributed by atoms with Crippen molar-refractivity contribution in [2.75, 3.05) is 5.32 Å². The summed E-state index contributed by atoms with van der Waals surface area (Å²) in [4.78, 5) is 40.1. The van der Waals surface area contributed by atoms with Gasteiger partial charge in [-0.05, 0) is 60.1 Å². The average molecular weight is 488 g/mol. The highest BCUT2D eigenvalue weighted by Gasteiger charge is 2.51. The maximum atomic E-state index is 13.5. The summed E-state index contributed by atoms with van der Waals surface area (Å²) in [6, 6.07) is 20.0. The Labute approximate surface area is 214 Å². The topological polar surface area (TPSA) is 96.9 Å². The van der Waals surface area contributed by atoms with E-state index in [9.17, 15) is 9.59 Å². The maximum Gasteiger partial charge on any atom is 0.253 e. The zero-order valence-corrected chi connectivity index (χ0v) is 20.1. The van der Waals surface area contributed by atoms with Crippen molar-refractivity contribution in [2.45, 2.75) is 43.1 Å². The van der Waals surface area contributed by atoms with Gasteiger partial charge >= 0.3 is 0 Å². The molecule has 4 heterocycles. The number of carbonyl (C=O) groups is 2. The Bertz CT molecular complexity index is 1550. The van der Waals surface area contributed by atoms with Gasteiger partial charge in [-0.1, -0.05) is 42.5 Å². The summed E-state index contributed by atoms with van der Waals surface area (Å²) in [6.07, 6.45) is 7.79. The summed E-state index contributed by atoms with van der Waals surface area (Å²) >= 11 is 0. The van der Waals surface area contributed by atoms with Gasteiger partial charge in [-0.3, -0.25) is 19.6 Å². The third-order valence-corrected chi connectivity index (χ3v) is 8.09. The highest BCUT2D eigenvalue weighted by molar-refractivity contribution is 6.06. The minimum atomic E-state index is -0.705. The molecule has 3 aromatic heterocycles. The number of amides is 2. The van der Waals surface area contributed by atoms with E-state index in [1.54, 1.807) is 18.6 Å². The third-order valence-electron chi connectivity index (χ3n) is 8.09. The standard InChI is InChI=1S/C30H25N5O2/c36-28(34-24-14-20(18-6-2-1-3-7-18)12-19-8-4-10-31-26(19)24)22-13-21-15-30(16-25(21)33-17-22)23-9-5-11-32-27(23)35-29(30)37/h1-11,13,17,20,24H,12,14-16H2,(H,34,36)(H,32,35,37). The molecule has 0 bridgehead atoms. The van der Waals surface area contributed by atoms with E-state index < -0.39 is 5.41 Å². The molecule has 1 spiro atoms. The number of benzene rings is 1. The molecule has 0 radical (unpaired) electrons. The third kappa shape index (κ3) is 3.53. The zero-order chi connectivity index (χ0) is 25.0. The van der Waals surface area contributed by atoms with Gasteiger partial charge in [0.05, 0.1) is 22.7 Å². The summed E-state index contributed by atoms with van der Waals surface area (Å²) in [5.74, 6) is 0.692. The highest BCUT2D eigenvalue weighted by atomic mass is 16.2. The van der Waals surface area contributed by atoms with Crippen molar-refractivity contribution in [3.8, 4) is 0 Å². The van der Waals surface area contributed by atoms with Crippen molar-refractivity contribution >= 4 is 17.6 Å². The van der Waals surface area contributed by atoms with Crippen LogP contribution in [0.5, 0.6) is 0 Å². The maximum absolute atomic E-state index is 13.5. The van der Waals surface area contributed by atoms with Gasteiger partial charge in [0.25, 0.3) is 5.91 Å². The fourth-order valence-electron chi connectivity index (χ4n) is 6.27. The molecule has 7 heteroatoms. The van der Waals surface area contributed by atoms with E-state index >= 15 is 0 Å². The van der Waals surface area contributed by atoms with Crippen molar-refractivity contribution in [3.05, 3.63) is 118 Å². The SMILES string of the molecule is O=C(NC1CC(c2ccccc2)Cc2cccnc21)c1cnc2c(c1)CC1(C2)C(=O)Nc2ncccc21. The minimum absolute atomic E-state index is 0.0537. The Morgan fingerprint density at radius 2 is 1.78 bits per heavy atom. The van der Waals surface area contributed by atoms with Crippen LogP contribution in [0.4, 0.5) is 5.82 Å². The van der Waals surface area contributed by atoms with Crippen LogP contribution in [0.3, 0.4) is 0 Å². The number of hydrogen-bond acceptors (Lipinski definition) is 5. The molecule has 37 heavy (non-hydrogen) atoms. The first-order chi connectivity index (χ1) is 18.1. The number of carbonyl (C=O) groups excluding carboxylic acids is 2. The van der Waals surface area contributed by atoms with Crippen LogP contribution < -0.4 is 10.6 Å². The molecule has 2 aliphatic carbocycles. The van der Waals surface area contributed by atoms with Gasteiger partial charge in [-0.15, -0.1) is 0 Å². The minimum Gasteiger partial charge on any atom is -0.344 e. The van der Waals surface area contributed by atoms with Crippen LogP contribution >= 0.6 is 0 Å². The predicted octanol–water partition coefficient (Wildman–Crippen LogP) is 4.06. The van der Waals surface area contributed by atoms with Crippen LogP contribution in [0.1, 0.15) is 62.4 Å². The van der Waals surface area contributed by atoms with Crippen molar-refractivity contribution < 1.29 is 9.59 Å². The number of anilines is 1. The Morgan fingerprint density at radius 1 is 0.946 bits per heavy atom. The molecule has 3 aliphatic rings. The molecule has 0 fully saturated rings. The number of fused-ring (bicyclic) bond motifs is 4. The molecule has 1 aliphatic heterocycles. The van der Waals surface area contributed by atoms with E-state index in [0.717, 1.165) is 35.4 Å².